The van der Waals surface area contributed by atoms with Gasteiger partial charge in [0, 0.05) is 28.2 Å². The molecule has 0 unspecified atom stereocenters. The minimum atomic E-state index is -0.163. The van der Waals surface area contributed by atoms with Gasteiger partial charge in [0.05, 0.1) is 0 Å². The van der Waals surface area contributed by atoms with Crippen LogP contribution in [0.25, 0.3) is 0 Å². The fraction of sp³-hybridized carbons (Fsp3) is 0.200. The topological polar surface area (TPSA) is 57.8 Å². The summed E-state index contributed by atoms with van der Waals surface area (Å²) in [7, 11) is 0. The van der Waals surface area contributed by atoms with Crippen molar-refractivity contribution in [3.8, 4) is 0 Å². The summed E-state index contributed by atoms with van der Waals surface area (Å²) in [5, 5.41) is 10.1. The Labute approximate surface area is 154 Å². The van der Waals surface area contributed by atoms with Gasteiger partial charge in [-0.2, -0.15) is 5.10 Å². The minimum Gasteiger partial charge on any atom is -0.305 e. The number of H-pyrrole nitrogens is 1. The van der Waals surface area contributed by atoms with Gasteiger partial charge in [0.1, 0.15) is 0 Å². The fourth-order valence-electron chi connectivity index (χ4n) is 3.00. The molecule has 1 aliphatic rings. The molecule has 2 aromatic carbocycles. The van der Waals surface area contributed by atoms with Crippen molar-refractivity contribution in [3.05, 3.63) is 81.5 Å². The summed E-state index contributed by atoms with van der Waals surface area (Å²) in [4.78, 5) is 12.3. The summed E-state index contributed by atoms with van der Waals surface area (Å²) >= 11 is 3.37. The van der Waals surface area contributed by atoms with Crippen LogP contribution in [-0.4, -0.2) is 16.1 Å². The van der Waals surface area contributed by atoms with Crippen molar-refractivity contribution in [3.63, 3.8) is 0 Å². The Morgan fingerprint density at radius 2 is 1.92 bits per heavy atom. The number of carbonyl (C=O) groups is 1. The van der Waals surface area contributed by atoms with E-state index in [1.165, 1.54) is 24.0 Å². The molecule has 1 heterocycles. The highest BCUT2D eigenvalue weighted by Crippen LogP contribution is 2.41. The van der Waals surface area contributed by atoms with Gasteiger partial charge in [-0.25, -0.2) is 0 Å². The van der Waals surface area contributed by atoms with Crippen LogP contribution in [0.2, 0.25) is 0 Å². The van der Waals surface area contributed by atoms with Gasteiger partial charge in [-0.3, -0.25) is 9.89 Å². The lowest BCUT2D eigenvalue weighted by Crippen LogP contribution is -2.11. The normalized spacial score (nSPS) is 13.6. The van der Waals surface area contributed by atoms with E-state index in [0.29, 0.717) is 11.4 Å². The van der Waals surface area contributed by atoms with Crippen LogP contribution in [0.4, 0.5) is 5.82 Å². The summed E-state index contributed by atoms with van der Waals surface area (Å²) < 4.78 is 0.945. The molecule has 1 aliphatic carbocycles. The van der Waals surface area contributed by atoms with Crippen LogP contribution in [0.15, 0.2) is 59.1 Å². The first-order chi connectivity index (χ1) is 12.2. The zero-order chi connectivity index (χ0) is 17.2. The second kappa shape index (κ2) is 6.84. The molecular formula is C20H18BrN3O. The molecule has 3 aromatic rings. The van der Waals surface area contributed by atoms with Crippen LogP contribution in [0, 0.1) is 0 Å². The molecule has 0 aliphatic heterocycles. The van der Waals surface area contributed by atoms with Crippen LogP contribution >= 0.6 is 15.9 Å². The summed E-state index contributed by atoms with van der Waals surface area (Å²) in [5.41, 5.74) is 4.38. The Morgan fingerprint density at radius 3 is 2.68 bits per heavy atom. The summed E-state index contributed by atoms with van der Waals surface area (Å²) in [5.74, 6) is 1.10. The third-order valence-corrected chi connectivity index (χ3v) is 4.96. The summed E-state index contributed by atoms with van der Waals surface area (Å²) in [6, 6.07) is 17.7. The predicted molar refractivity (Wildman–Crippen MR) is 102 cm³/mol. The van der Waals surface area contributed by atoms with Crippen molar-refractivity contribution in [2.24, 2.45) is 0 Å². The van der Waals surface area contributed by atoms with Gasteiger partial charge in [0.15, 0.2) is 5.82 Å². The molecule has 0 saturated heterocycles. The second-order valence-electron chi connectivity index (χ2n) is 6.39. The van der Waals surface area contributed by atoms with E-state index in [0.717, 1.165) is 22.5 Å². The largest absolute Gasteiger partial charge is 0.305 e. The maximum atomic E-state index is 12.3. The van der Waals surface area contributed by atoms with E-state index in [2.05, 4.69) is 55.7 Å². The van der Waals surface area contributed by atoms with Crippen molar-refractivity contribution < 1.29 is 4.79 Å². The number of rotatable bonds is 5. The molecule has 1 amide bonds. The van der Waals surface area contributed by atoms with E-state index in [-0.39, 0.29) is 5.91 Å². The third-order valence-electron chi connectivity index (χ3n) is 4.43. The van der Waals surface area contributed by atoms with Crippen molar-refractivity contribution in [1.82, 2.24) is 10.2 Å². The Balaban J connectivity index is 1.45. The van der Waals surface area contributed by atoms with Crippen LogP contribution in [-0.2, 0) is 6.42 Å². The van der Waals surface area contributed by atoms with Crippen LogP contribution in [0.3, 0.4) is 0 Å². The first-order valence-electron chi connectivity index (χ1n) is 8.38. The van der Waals surface area contributed by atoms with Gasteiger partial charge in [-0.05, 0) is 54.2 Å². The summed E-state index contributed by atoms with van der Waals surface area (Å²) in [6.07, 6.45) is 3.37. The lowest BCUT2D eigenvalue weighted by Gasteiger charge is -2.06. The van der Waals surface area contributed by atoms with E-state index in [4.69, 9.17) is 0 Å². The number of nitrogens with zero attached hydrogens (tertiary/aromatic N) is 1. The Kier molecular flexibility index (Phi) is 4.40. The monoisotopic (exact) mass is 395 g/mol. The zero-order valence-corrected chi connectivity index (χ0v) is 15.2. The number of hydrogen-bond acceptors (Lipinski definition) is 2. The van der Waals surface area contributed by atoms with Gasteiger partial charge in [0.2, 0.25) is 0 Å². The second-order valence-corrected chi connectivity index (χ2v) is 7.30. The molecule has 2 N–H and O–H groups in total. The maximum absolute atomic E-state index is 12.3. The molecule has 0 radical (unpaired) electrons. The number of aromatic nitrogens is 2. The molecule has 126 valence electrons. The van der Waals surface area contributed by atoms with E-state index in [1.54, 1.807) is 12.1 Å². The maximum Gasteiger partial charge on any atom is 0.256 e. The number of aromatic amines is 1. The lowest BCUT2D eigenvalue weighted by atomic mass is 9.99. The minimum absolute atomic E-state index is 0.163. The predicted octanol–water partition coefficient (Wildman–Crippen LogP) is 4.89. The molecule has 0 bridgehead atoms. The SMILES string of the molecule is O=C(Nc1cc(Cc2ccccc2C2CC2)[nH]n1)c1ccc(Br)cc1. The highest BCUT2D eigenvalue weighted by atomic mass is 79.9. The third kappa shape index (κ3) is 3.82. The smallest absolute Gasteiger partial charge is 0.256 e. The molecule has 1 aromatic heterocycles. The molecule has 4 nitrogen and oxygen atoms in total. The standard InChI is InChI=1S/C20H18BrN3O/c21-16-9-7-14(8-10-16)20(25)22-19-12-17(23-24-19)11-15-3-1-2-4-18(15)13-5-6-13/h1-4,7-10,12-13H,5-6,11H2,(H2,22,23,24,25). The highest BCUT2D eigenvalue weighted by molar-refractivity contribution is 9.10. The van der Waals surface area contributed by atoms with Crippen LogP contribution < -0.4 is 5.32 Å². The molecule has 0 spiro atoms. The fourth-order valence-corrected chi connectivity index (χ4v) is 3.26. The number of nitrogens with one attached hydrogen (secondary N) is 2. The van der Waals surface area contributed by atoms with Crippen molar-refractivity contribution in [2.45, 2.75) is 25.2 Å². The average molecular weight is 396 g/mol. The number of amides is 1. The summed E-state index contributed by atoms with van der Waals surface area (Å²) in [6.45, 7) is 0. The molecule has 25 heavy (non-hydrogen) atoms. The quantitative estimate of drug-likeness (QED) is 0.645. The van der Waals surface area contributed by atoms with Crippen molar-refractivity contribution in [1.29, 1.82) is 0 Å². The van der Waals surface area contributed by atoms with E-state index < -0.39 is 0 Å². The van der Waals surface area contributed by atoms with E-state index in [1.807, 2.05) is 18.2 Å². The number of hydrogen-bond donors (Lipinski definition) is 2. The Hall–Kier alpha value is -2.40. The van der Waals surface area contributed by atoms with Crippen molar-refractivity contribution in [2.75, 3.05) is 5.32 Å². The first-order valence-corrected chi connectivity index (χ1v) is 9.17. The van der Waals surface area contributed by atoms with Crippen LogP contribution in [0.5, 0.6) is 0 Å². The lowest BCUT2D eigenvalue weighted by molar-refractivity contribution is 0.102. The Bertz CT molecular complexity index is 897. The zero-order valence-electron chi connectivity index (χ0n) is 13.6. The van der Waals surface area contributed by atoms with Gasteiger partial charge in [-0.15, -0.1) is 0 Å². The molecule has 1 saturated carbocycles. The number of anilines is 1. The van der Waals surface area contributed by atoms with Gasteiger partial charge in [-0.1, -0.05) is 40.2 Å². The van der Waals surface area contributed by atoms with Gasteiger partial charge >= 0.3 is 0 Å². The van der Waals surface area contributed by atoms with Gasteiger partial charge < -0.3 is 5.32 Å². The highest BCUT2D eigenvalue weighted by Gasteiger charge is 2.25. The van der Waals surface area contributed by atoms with E-state index >= 15 is 0 Å². The Morgan fingerprint density at radius 1 is 1.16 bits per heavy atom. The first kappa shape index (κ1) is 16.1. The van der Waals surface area contributed by atoms with Gasteiger partial charge in [0.25, 0.3) is 5.91 Å². The molecular weight excluding hydrogens is 378 g/mol. The van der Waals surface area contributed by atoms with Crippen LogP contribution in [0.1, 0.15) is 45.9 Å². The molecule has 5 heteroatoms. The van der Waals surface area contributed by atoms with E-state index in [9.17, 15) is 4.79 Å². The number of halogens is 1. The molecule has 0 atom stereocenters. The average Bonchev–Trinajstić information content (AvgIpc) is 3.37. The van der Waals surface area contributed by atoms with Crippen molar-refractivity contribution >= 4 is 27.7 Å². The number of benzene rings is 2. The molecule has 1 fully saturated rings. The molecule has 4 rings (SSSR count). The number of carbonyl (C=O) groups excluding carboxylic acids is 1.